The van der Waals surface area contributed by atoms with Crippen LogP contribution in [0.15, 0.2) is 22.7 Å². The van der Waals surface area contributed by atoms with Crippen molar-refractivity contribution in [2.24, 2.45) is 5.84 Å². The van der Waals surface area contributed by atoms with Crippen molar-refractivity contribution in [2.75, 3.05) is 13.7 Å². The van der Waals surface area contributed by atoms with Gasteiger partial charge in [-0.3, -0.25) is 11.3 Å². The van der Waals surface area contributed by atoms with Crippen molar-refractivity contribution in [3.63, 3.8) is 0 Å². The highest BCUT2D eigenvalue weighted by Crippen LogP contribution is 2.20. The van der Waals surface area contributed by atoms with Gasteiger partial charge in [0, 0.05) is 11.6 Å². The number of halogens is 2. The van der Waals surface area contributed by atoms with E-state index in [1.807, 2.05) is 0 Å². The molecule has 0 radical (unpaired) electrons. The van der Waals surface area contributed by atoms with Gasteiger partial charge in [-0.05, 0) is 23.8 Å². The van der Waals surface area contributed by atoms with Gasteiger partial charge in [-0.2, -0.15) is 0 Å². The Morgan fingerprint density at radius 2 is 2.29 bits per heavy atom. The average molecular weight is 263 g/mol. The van der Waals surface area contributed by atoms with Crippen LogP contribution < -0.4 is 11.3 Å². The highest BCUT2D eigenvalue weighted by molar-refractivity contribution is 9.10. The van der Waals surface area contributed by atoms with E-state index in [2.05, 4.69) is 21.4 Å². The number of nitrogens with two attached hydrogens (primary N) is 1. The summed E-state index contributed by atoms with van der Waals surface area (Å²) in [6.07, 6.45) is 0. The molecule has 0 amide bonds. The van der Waals surface area contributed by atoms with Crippen LogP contribution in [0.4, 0.5) is 4.39 Å². The van der Waals surface area contributed by atoms with Crippen LogP contribution in [0.3, 0.4) is 0 Å². The number of benzene rings is 1. The molecule has 0 aliphatic rings. The molecular weight excluding hydrogens is 251 g/mol. The van der Waals surface area contributed by atoms with Crippen LogP contribution in [0.5, 0.6) is 0 Å². The van der Waals surface area contributed by atoms with E-state index < -0.39 is 0 Å². The molecule has 1 aromatic carbocycles. The zero-order valence-corrected chi connectivity index (χ0v) is 9.34. The second-order valence-electron chi connectivity index (χ2n) is 2.88. The highest BCUT2D eigenvalue weighted by Gasteiger charge is 2.10. The molecule has 3 nitrogen and oxygen atoms in total. The largest absolute Gasteiger partial charge is 0.383 e. The molecule has 0 aliphatic heterocycles. The van der Waals surface area contributed by atoms with E-state index in [1.165, 1.54) is 12.1 Å². The van der Waals surface area contributed by atoms with Gasteiger partial charge in [0.05, 0.1) is 12.6 Å². The van der Waals surface area contributed by atoms with Gasteiger partial charge < -0.3 is 4.74 Å². The normalized spacial score (nSPS) is 12.9. The number of hydrogen-bond acceptors (Lipinski definition) is 3. The second-order valence-corrected chi connectivity index (χ2v) is 3.79. The van der Waals surface area contributed by atoms with Gasteiger partial charge in [0.25, 0.3) is 0 Å². The molecule has 1 atom stereocenters. The lowest BCUT2D eigenvalue weighted by atomic mass is 10.1. The number of hydrazine groups is 1. The first-order chi connectivity index (χ1) is 6.67. The van der Waals surface area contributed by atoms with Gasteiger partial charge in [-0.15, -0.1) is 0 Å². The average Bonchev–Trinajstić information content (AvgIpc) is 2.12. The fourth-order valence-corrected chi connectivity index (χ4v) is 1.67. The molecule has 0 fully saturated rings. The third-order valence-electron chi connectivity index (χ3n) is 1.82. The van der Waals surface area contributed by atoms with Crippen LogP contribution in [0, 0.1) is 5.82 Å². The molecule has 0 heterocycles. The molecule has 0 bridgehead atoms. The molecular formula is C9H12BrFN2O. The molecule has 1 rings (SSSR count). The molecule has 0 saturated carbocycles. The summed E-state index contributed by atoms with van der Waals surface area (Å²) >= 11 is 3.21. The molecule has 0 aliphatic carbocycles. The second kappa shape index (κ2) is 5.41. The fraction of sp³-hybridized carbons (Fsp3) is 0.333. The van der Waals surface area contributed by atoms with Gasteiger partial charge in [0.2, 0.25) is 0 Å². The van der Waals surface area contributed by atoms with Gasteiger partial charge in [0.1, 0.15) is 5.82 Å². The number of methoxy groups -OCH3 is 1. The maximum Gasteiger partial charge on any atom is 0.124 e. The number of ether oxygens (including phenoxy) is 1. The van der Waals surface area contributed by atoms with Crippen LogP contribution in [0.1, 0.15) is 11.6 Å². The molecule has 5 heteroatoms. The first-order valence-electron chi connectivity index (χ1n) is 4.08. The molecule has 0 saturated heterocycles. The molecule has 78 valence electrons. The molecule has 14 heavy (non-hydrogen) atoms. The third kappa shape index (κ3) is 3.02. The predicted octanol–water partition coefficient (Wildman–Crippen LogP) is 1.74. The Labute approximate surface area is 90.5 Å². The minimum Gasteiger partial charge on any atom is -0.383 e. The zero-order valence-electron chi connectivity index (χ0n) is 7.76. The summed E-state index contributed by atoms with van der Waals surface area (Å²) in [7, 11) is 1.57. The summed E-state index contributed by atoms with van der Waals surface area (Å²) in [4.78, 5) is 0. The van der Waals surface area contributed by atoms with Gasteiger partial charge in [-0.25, -0.2) is 4.39 Å². The first kappa shape index (κ1) is 11.6. The van der Waals surface area contributed by atoms with Crippen LogP contribution in [-0.4, -0.2) is 13.7 Å². The molecule has 0 aromatic heterocycles. The van der Waals surface area contributed by atoms with Crippen molar-refractivity contribution in [3.8, 4) is 0 Å². The lowest BCUT2D eigenvalue weighted by molar-refractivity contribution is 0.167. The minimum atomic E-state index is -0.300. The Bertz CT molecular complexity index is 289. The summed E-state index contributed by atoms with van der Waals surface area (Å²) in [6.45, 7) is 0.395. The summed E-state index contributed by atoms with van der Waals surface area (Å²) in [6, 6.07) is 4.41. The smallest absolute Gasteiger partial charge is 0.124 e. The summed E-state index contributed by atoms with van der Waals surface area (Å²) < 4.78 is 18.7. The van der Waals surface area contributed by atoms with Crippen LogP contribution >= 0.6 is 15.9 Å². The van der Waals surface area contributed by atoms with E-state index in [0.717, 1.165) is 5.56 Å². The first-order valence-corrected chi connectivity index (χ1v) is 4.87. The Morgan fingerprint density at radius 1 is 1.57 bits per heavy atom. The van der Waals surface area contributed by atoms with Crippen molar-refractivity contribution in [1.82, 2.24) is 5.43 Å². The van der Waals surface area contributed by atoms with Crippen molar-refractivity contribution < 1.29 is 9.13 Å². The fourth-order valence-electron chi connectivity index (χ4n) is 1.18. The van der Waals surface area contributed by atoms with E-state index >= 15 is 0 Å². The summed E-state index contributed by atoms with van der Waals surface area (Å²) in [5.41, 5.74) is 3.31. The van der Waals surface area contributed by atoms with Crippen LogP contribution in [0.25, 0.3) is 0 Å². The van der Waals surface area contributed by atoms with Gasteiger partial charge in [0.15, 0.2) is 0 Å². The zero-order chi connectivity index (χ0) is 10.6. The molecule has 1 unspecified atom stereocenters. The van der Waals surface area contributed by atoms with Gasteiger partial charge in [-0.1, -0.05) is 15.9 Å². The monoisotopic (exact) mass is 262 g/mol. The maximum atomic E-state index is 13.0. The van der Waals surface area contributed by atoms with Gasteiger partial charge >= 0.3 is 0 Å². The van der Waals surface area contributed by atoms with E-state index in [9.17, 15) is 4.39 Å². The molecule has 1 aromatic rings. The Kier molecular flexibility index (Phi) is 4.47. The summed E-state index contributed by atoms with van der Waals surface area (Å²) in [5, 5.41) is 0. The van der Waals surface area contributed by atoms with Crippen LogP contribution in [-0.2, 0) is 4.74 Å². The van der Waals surface area contributed by atoms with Crippen molar-refractivity contribution >= 4 is 15.9 Å². The van der Waals surface area contributed by atoms with Crippen molar-refractivity contribution in [1.29, 1.82) is 0 Å². The van der Waals surface area contributed by atoms with Crippen molar-refractivity contribution in [2.45, 2.75) is 6.04 Å². The van der Waals surface area contributed by atoms with Crippen LogP contribution in [0.2, 0.25) is 0 Å². The van der Waals surface area contributed by atoms with E-state index in [4.69, 9.17) is 10.6 Å². The van der Waals surface area contributed by atoms with E-state index in [0.29, 0.717) is 11.1 Å². The Balaban J connectivity index is 2.91. The highest BCUT2D eigenvalue weighted by atomic mass is 79.9. The molecule has 0 spiro atoms. The Hall–Kier alpha value is -0.490. The lowest BCUT2D eigenvalue weighted by Crippen LogP contribution is -2.31. The minimum absolute atomic E-state index is 0.202. The molecule has 3 N–H and O–H groups in total. The van der Waals surface area contributed by atoms with E-state index in [-0.39, 0.29) is 11.9 Å². The number of rotatable bonds is 4. The summed E-state index contributed by atoms with van der Waals surface area (Å²) in [5.74, 6) is 5.02. The quantitative estimate of drug-likeness (QED) is 0.642. The standard InChI is InChI=1S/C9H12BrFN2O/c1-14-5-9(13-12)6-2-7(10)4-8(11)3-6/h2-4,9,13H,5,12H2,1H3. The maximum absolute atomic E-state index is 13.0. The SMILES string of the molecule is COCC(NN)c1cc(F)cc(Br)c1. The number of nitrogens with one attached hydrogen (secondary N) is 1. The number of hydrogen-bond donors (Lipinski definition) is 2. The third-order valence-corrected chi connectivity index (χ3v) is 2.28. The van der Waals surface area contributed by atoms with Crippen molar-refractivity contribution in [3.05, 3.63) is 34.1 Å². The predicted molar refractivity (Wildman–Crippen MR) is 56.0 cm³/mol. The Morgan fingerprint density at radius 3 is 2.79 bits per heavy atom. The van der Waals surface area contributed by atoms with E-state index in [1.54, 1.807) is 13.2 Å². The lowest BCUT2D eigenvalue weighted by Gasteiger charge is -2.15. The topological polar surface area (TPSA) is 47.3 Å².